The molecule has 0 N–H and O–H groups in total. The summed E-state index contributed by atoms with van der Waals surface area (Å²) in [6, 6.07) is 18.4. The van der Waals surface area contributed by atoms with Gasteiger partial charge in [-0.05, 0) is 42.3 Å². The van der Waals surface area contributed by atoms with E-state index in [0.717, 1.165) is 9.37 Å². The predicted molar refractivity (Wildman–Crippen MR) is 131 cm³/mol. The van der Waals surface area contributed by atoms with E-state index >= 15 is 0 Å². The molecule has 6 nitrogen and oxygen atoms in total. The minimum atomic E-state index is -2.10. The molecule has 2 saturated heterocycles. The number of nitrogens with zero attached hydrogens (tertiary/aromatic N) is 1. The number of rotatable bonds is 2. The van der Waals surface area contributed by atoms with E-state index < -0.39 is 46.9 Å². The Morgan fingerprint density at radius 1 is 0.886 bits per heavy atom. The summed E-state index contributed by atoms with van der Waals surface area (Å²) >= 11 is 9.59. The average molecular weight is 551 g/mol. The molecule has 3 aromatic carbocycles. The van der Waals surface area contributed by atoms with Gasteiger partial charge in [0.15, 0.2) is 0 Å². The molecule has 3 atom stereocenters. The van der Waals surface area contributed by atoms with E-state index in [0.29, 0.717) is 21.8 Å². The summed E-state index contributed by atoms with van der Waals surface area (Å²) in [5.74, 6) is -4.68. The summed E-state index contributed by atoms with van der Waals surface area (Å²) in [5, 5.41) is 0.360. The molecule has 8 heteroatoms. The third kappa shape index (κ3) is 2.92. The van der Waals surface area contributed by atoms with Crippen LogP contribution in [0.15, 0.2) is 71.2 Å². The molecule has 0 saturated carbocycles. The lowest BCUT2D eigenvalue weighted by atomic mass is 9.77. The number of anilines is 1. The zero-order valence-electron chi connectivity index (χ0n) is 18.3. The van der Waals surface area contributed by atoms with E-state index in [-0.39, 0.29) is 11.1 Å². The van der Waals surface area contributed by atoms with Crippen molar-refractivity contribution in [1.82, 2.24) is 0 Å². The molecule has 0 bridgehead atoms. The molecule has 35 heavy (non-hydrogen) atoms. The number of Topliss-reactive ketones (excluding diaryl/α,β-unsaturated/α-hetero) is 2. The Morgan fingerprint density at radius 2 is 1.51 bits per heavy atom. The number of carbonyl (C=O) groups is 4. The predicted octanol–water partition coefficient (Wildman–Crippen LogP) is 5.11. The summed E-state index contributed by atoms with van der Waals surface area (Å²) in [6.45, 7) is 1.76. The van der Waals surface area contributed by atoms with Gasteiger partial charge in [0.1, 0.15) is 0 Å². The minimum Gasteiger partial charge on any atom is -0.349 e. The van der Waals surface area contributed by atoms with Gasteiger partial charge in [-0.15, -0.1) is 0 Å². The average Bonchev–Trinajstić information content (AvgIpc) is 3.41. The van der Waals surface area contributed by atoms with E-state index in [4.69, 9.17) is 16.3 Å². The van der Waals surface area contributed by atoms with Crippen molar-refractivity contribution in [2.45, 2.75) is 18.6 Å². The van der Waals surface area contributed by atoms with Crippen LogP contribution in [0.4, 0.5) is 5.69 Å². The number of ether oxygens (including phenoxy) is 1. The Balaban J connectivity index is 1.56. The molecule has 6 rings (SSSR count). The molecule has 2 amide bonds. The van der Waals surface area contributed by atoms with E-state index in [9.17, 15) is 19.2 Å². The smallest absolute Gasteiger partial charge is 0.241 e. The Bertz CT molecular complexity index is 1430. The third-order valence-electron chi connectivity index (χ3n) is 7.13. The Morgan fingerprint density at radius 3 is 2.14 bits per heavy atom. The highest BCUT2D eigenvalue weighted by Crippen LogP contribution is 2.58. The number of imide groups is 1. The quantitative estimate of drug-likeness (QED) is 0.327. The second kappa shape index (κ2) is 7.68. The zero-order chi connectivity index (χ0) is 24.6. The van der Waals surface area contributed by atoms with E-state index in [1.807, 2.05) is 0 Å². The van der Waals surface area contributed by atoms with Gasteiger partial charge in [-0.2, -0.15) is 0 Å². The van der Waals surface area contributed by atoms with Crippen molar-refractivity contribution in [3.63, 3.8) is 0 Å². The molecule has 0 radical (unpaired) electrons. The normalized spacial score (nSPS) is 24.4. The second-order valence-corrected chi connectivity index (χ2v) is 10.3. The number of hydrogen-bond donors (Lipinski definition) is 0. The lowest BCUT2D eigenvalue weighted by Crippen LogP contribution is -2.51. The highest BCUT2D eigenvalue weighted by Gasteiger charge is 2.74. The van der Waals surface area contributed by atoms with Gasteiger partial charge >= 0.3 is 0 Å². The molecule has 2 aliphatic heterocycles. The maximum atomic E-state index is 14.0. The Labute approximate surface area is 214 Å². The number of fused-ring (bicyclic) bond motifs is 3. The van der Waals surface area contributed by atoms with Gasteiger partial charge in [-0.3, -0.25) is 19.2 Å². The van der Waals surface area contributed by atoms with E-state index in [1.165, 1.54) is 0 Å². The lowest BCUT2D eigenvalue weighted by Gasteiger charge is -2.27. The minimum absolute atomic E-state index is 0.199. The first-order valence-electron chi connectivity index (χ1n) is 11.0. The molecule has 1 aliphatic carbocycles. The van der Waals surface area contributed by atoms with Gasteiger partial charge in [0.05, 0.1) is 23.6 Å². The third-order valence-corrected chi connectivity index (χ3v) is 7.89. The summed E-state index contributed by atoms with van der Waals surface area (Å²) in [7, 11) is 0. The van der Waals surface area contributed by atoms with Crippen LogP contribution in [-0.4, -0.2) is 29.0 Å². The molecular weight excluding hydrogens is 534 g/mol. The maximum absolute atomic E-state index is 14.0. The first kappa shape index (κ1) is 22.3. The number of halogens is 2. The van der Waals surface area contributed by atoms with Crippen molar-refractivity contribution in [1.29, 1.82) is 0 Å². The van der Waals surface area contributed by atoms with Gasteiger partial charge in [-0.25, -0.2) is 4.90 Å². The fourth-order valence-electron chi connectivity index (χ4n) is 5.53. The van der Waals surface area contributed by atoms with Gasteiger partial charge in [-0.1, -0.05) is 70.0 Å². The van der Waals surface area contributed by atoms with Crippen LogP contribution in [0.5, 0.6) is 0 Å². The monoisotopic (exact) mass is 549 g/mol. The van der Waals surface area contributed by atoms with E-state index in [1.54, 1.807) is 73.7 Å². The summed E-state index contributed by atoms with van der Waals surface area (Å²) < 4.78 is 7.10. The fourth-order valence-corrected chi connectivity index (χ4v) is 5.96. The number of ketones is 2. The maximum Gasteiger partial charge on any atom is 0.241 e. The van der Waals surface area contributed by atoms with Crippen molar-refractivity contribution < 1.29 is 23.9 Å². The van der Waals surface area contributed by atoms with Crippen LogP contribution in [0.1, 0.15) is 37.9 Å². The van der Waals surface area contributed by atoms with Gasteiger partial charge in [0, 0.05) is 20.6 Å². The Hall–Kier alpha value is -3.13. The second-order valence-electron chi connectivity index (χ2n) is 8.98. The first-order chi connectivity index (χ1) is 16.8. The molecule has 1 spiro atoms. The number of aryl methyl sites for hydroxylation is 1. The molecule has 174 valence electrons. The molecular formula is C27H17BrClNO5. The van der Waals surface area contributed by atoms with E-state index in [2.05, 4.69) is 15.9 Å². The van der Waals surface area contributed by atoms with Crippen molar-refractivity contribution >= 4 is 56.6 Å². The highest BCUT2D eigenvalue weighted by atomic mass is 79.9. The van der Waals surface area contributed by atoms with Gasteiger partial charge in [0.25, 0.3) is 0 Å². The Kier molecular flexibility index (Phi) is 4.90. The van der Waals surface area contributed by atoms with Gasteiger partial charge in [0.2, 0.25) is 29.0 Å². The molecule has 2 heterocycles. The molecule has 3 aromatic rings. The van der Waals surface area contributed by atoms with Gasteiger partial charge < -0.3 is 4.74 Å². The van der Waals surface area contributed by atoms with Crippen LogP contribution in [0.3, 0.4) is 0 Å². The van der Waals surface area contributed by atoms with Crippen LogP contribution in [0.2, 0.25) is 5.02 Å². The topological polar surface area (TPSA) is 80.8 Å². The molecule has 0 aromatic heterocycles. The fraction of sp³-hybridized carbons (Fsp3) is 0.185. The van der Waals surface area contributed by atoms with Crippen LogP contribution < -0.4 is 4.90 Å². The summed E-state index contributed by atoms with van der Waals surface area (Å²) in [6.07, 6.45) is -0.962. The molecule has 2 fully saturated rings. The lowest BCUT2D eigenvalue weighted by molar-refractivity contribution is -0.127. The van der Waals surface area contributed by atoms with Crippen LogP contribution in [0, 0.1) is 18.8 Å². The summed E-state index contributed by atoms with van der Waals surface area (Å²) in [5.41, 5.74) is -0.0983. The van der Waals surface area contributed by atoms with Crippen molar-refractivity contribution in [3.8, 4) is 0 Å². The molecule has 3 aliphatic rings. The first-order valence-corrected chi connectivity index (χ1v) is 12.2. The van der Waals surface area contributed by atoms with Crippen LogP contribution in [0.25, 0.3) is 0 Å². The zero-order valence-corrected chi connectivity index (χ0v) is 20.7. The number of amides is 2. The van der Waals surface area contributed by atoms with Crippen LogP contribution >= 0.6 is 27.5 Å². The number of hydrogen-bond acceptors (Lipinski definition) is 5. The largest absolute Gasteiger partial charge is 0.349 e. The van der Waals surface area contributed by atoms with Crippen molar-refractivity contribution in [2.75, 3.05) is 4.90 Å². The molecule has 0 unspecified atom stereocenters. The number of carbonyl (C=O) groups excluding carboxylic acids is 4. The standard InChI is InChI=1S/C27H17BrClNO5/c1-13-6-11-16(29)12-19(13)30-25(33)20-21(26(30)34)27(35-22(20)14-7-9-15(28)10-8-14)23(31)17-4-2-3-5-18(17)24(27)32/h2-12,20-22H,1H3/t20-,21+,22-/m0/s1. The SMILES string of the molecule is Cc1ccc(Cl)cc1N1C(=O)[C@@H]2[C@H](c3ccc(Br)cc3)OC3(C(=O)c4ccccc4C3=O)[C@H]2C1=O. The van der Waals surface area contributed by atoms with Crippen molar-refractivity contribution in [3.05, 3.63) is 98.5 Å². The summed E-state index contributed by atoms with van der Waals surface area (Å²) in [4.78, 5) is 56.4. The number of benzene rings is 3. The van der Waals surface area contributed by atoms with Crippen LogP contribution in [-0.2, 0) is 14.3 Å². The van der Waals surface area contributed by atoms with Crippen molar-refractivity contribution in [2.24, 2.45) is 11.8 Å². The highest BCUT2D eigenvalue weighted by molar-refractivity contribution is 9.10.